The Kier molecular flexibility index (Phi) is 3.99. The molecule has 0 fully saturated rings. The van der Waals surface area contributed by atoms with E-state index in [4.69, 9.17) is 12.2 Å². The van der Waals surface area contributed by atoms with Crippen LogP contribution in [0.25, 0.3) is 0 Å². The predicted octanol–water partition coefficient (Wildman–Crippen LogP) is 3.73. The summed E-state index contributed by atoms with van der Waals surface area (Å²) >= 11 is 5.40. The quantitative estimate of drug-likeness (QED) is 0.566. The summed E-state index contributed by atoms with van der Waals surface area (Å²) in [5.41, 5.74) is 0.482. The molecule has 0 saturated carbocycles. The molecule has 0 radical (unpaired) electrons. The molecule has 1 aromatic carbocycles. The highest BCUT2D eigenvalue weighted by atomic mass is 32.1. The molecule has 1 unspecified atom stereocenters. The van der Waals surface area contributed by atoms with Gasteiger partial charge in [0.05, 0.1) is 11.5 Å². The van der Waals surface area contributed by atoms with E-state index in [9.17, 15) is 5.26 Å². The lowest BCUT2D eigenvalue weighted by Crippen LogP contribution is -2.25. The number of nitrogens with zero attached hydrogens (tertiary/aromatic N) is 1. The Labute approximate surface area is 96.7 Å². The van der Waals surface area contributed by atoms with Crippen molar-refractivity contribution in [2.75, 3.05) is 0 Å². The van der Waals surface area contributed by atoms with Crippen molar-refractivity contribution in [3.63, 3.8) is 0 Å². The molecule has 1 rings (SSSR count). The fraction of sp³-hybridized carbons (Fsp3) is 0.385. The van der Waals surface area contributed by atoms with E-state index in [0.29, 0.717) is 0 Å². The average Bonchev–Trinajstić information content (AvgIpc) is 2.29. The molecule has 0 spiro atoms. The van der Waals surface area contributed by atoms with Crippen molar-refractivity contribution in [2.45, 2.75) is 26.7 Å². The van der Waals surface area contributed by atoms with Gasteiger partial charge in [0.2, 0.25) is 0 Å². The Hall–Kier alpha value is -1.20. The van der Waals surface area contributed by atoms with Crippen molar-refractivity contribution in [3.8, 4) is 6.07 Å². The van der Waals surface area contributed by atoms with Gasteiger partial charge >= 0.3 is 0 Å². The lowest BCUT2D eigenvalue weighted by molar-refractivity contribution is 0.550. The Morgan fingerprint density at radius 3 is 2.47 bits per heavy atom. The van der Waals surface area contributed by atoms with Crippen molar-refractivity contribution in [1.82, 2.24) is 0 Å². The van der Waals surface area contributed by atoms with Gasteiger partial charge in [-0.1, -0.05) is 55.9 Å². The first-order chi connectivity index (χ1) is 7.14. The van der Waals surface area contributed by atoms with Crippen molar-refractivity contribution >= 4 is 17.1 Å². The third kappa shape index (κ3) is 2.64. The monoisotopic (exact) mass is 217 g/mol. The summed E-state index contributed by atoms with van der Waals surface area (Å²) in [6, 6.07) is 12.1. The van der Waals surface area contributed by atoms with E-state index >= 15 is 0 Å². The Morgan fingerprint density at radius 2 is 2.00 bits per heavy atom. The van der Waals surface area contributed by atoms with Gasteiger partial charge in [-0.15, -0.1) is 0 Å². The van der Waals surface area contributed by atoms with Crippen LogP contribution in [-0.4, -0.2) is 4.86 Å². The SMILES string of the molecule is CCCC(C)(C#N)C(=S)c1ccccc1. The molecule has 78 valence electrons. The fourth-order valence-corrected chi connectivity index (χ4v) is 1.91. The van der Waals surface area contributed by atoms with Crippen LogP contribution < -0.4 is 0 Å². The molecule has 0 bridgehead atoms. The molecule has 0 N–H and O–H groups in total. The molecule has 0 aliphatic carbocycles. The van der Waals surface area contributed by atoms with Crippen LogP contribution in [0.5, 0.6) is 0 Å². The van der Waals surface area contributed by atoms with Crippen LogP contribution in [0.1, 0.15) is 32.3 Å². The summed E-state index contributed by atoms with van der Waals surface area (Å²) in [5, 5.41) is 9.21. The van der Waals surface area contributed by atoms with Crippen LogP contribution in [0.2, 0.25) is 0 Å². The third-order valence-electron chi connectivity index (χ3n) is 2.53. The highest BCUT2D eigenvalue weighted by Gasteiger charge is 2.28. The number of hydrogen-bond donors (Lipinski definition) is 0. The maximum absolute atomic E-state index is 9.21. The zero-order valence-corrected chi connectivity index (χ0v) is 9.97. The summed E-state index contributed by atoms with van der Waals surface area (Å²) in [7, 11) is 0. The Balaban J connectivity index is 2.98. The molecule has 1 nitrogen and oxygen atoms in total. The van der Waals surface area contributed by atoms with E-state index < -0.39 is 5.41 Å². The third-order valence-corrected chi connectivity index (χ3v) is 3.22. The van der Waals surface area contributed by atoms with Gasteiger partial charge < -0.3 is 0 Å². The number of rotatable bonds is 4. The maximum atomic E-state index is 9.21. The summed E-state index contributed by atoms with van der Waals surface area (Å²) in [4.78, 5) is 0.757. The van der Waals surface area contributed by atoms with E-state index in [1.807, 2.05) is 37.3 Å². The van der Waals surface area contributed by atoms with Gasteiger partial charge in [-0.25, -0.2) is 0 Å². The van der Waals surface area contributed by atoms with Gasteiger partial charge in [0, 0.05) is 4.86 Å². The standard InChI is InChI=1S/C13H15NS/c1-3-9-13(2,10-14)12(15)11-7-5-4-6-8-11/h4-8H,3,9H2,1-2H3. The fourth-order valence-electron chi connectivity index (χ4n) is 1.63. The lowest BCUT2D eigenvalue weighted by atomic mass is 9.81. The van der Waals surface area contributed by atoms with Gasteiger partial charge in [-0.3, -0.25) is 0 Å². The predicted molar refractivity (Wildman–Crippen MR) is 66.8 cm³/mol. The van der Waals surface area contributed by atoms with Crippen LogP contribution in [0.3, 0.4) is 0 Å². The van der Waals surface area contributed by atoms with Gasteiger partial charge in [0.15, 0.2) is 0 Å². The van der Waals surface area contributed by atoms with E-state index in [2.05, 4.69) is 13.0 Å². The highest BCUT2D eigenvalue weighted by Crippen LogP contribution is 2.28. The van der Waals surface area contributed by atoms with Crippen LogP contribution in [0.4, 0.5) is 0 Å². The van der Waals surface area contributed by atoms with E-state index in [-0.39, 0.29) is 0 Å². The first kappa shape index (κ1) is 11.9. The molecule has 0 aromatic heterocycles. The number of hydrogen-bond acceptors (Lipinski definition) is 2. The number of nitriles is 1. The second-order valence-corrected chi connectivity index (χ2v) is 4.30. The summed E-state index contributed by atoms with van der Waals surface area (Å²) in [6.07, 6.45) is 1.79. The second kappa shape index (κ2) is 5.04. The molecule has 0 amide bonds. The van der Waals surface area contributed by atoms with Gasteiger partial charge in [-0.2, -0.15) is 5.26 Å². The van der Waals surface area contributed by atoms with E-state index in [1.165, 1.54) is 0 Å². The summed E-state index contributed by atoms with van der Waals surface area (Å²) in [5.74, 6) is 0. The largest absolute Gasteiger partial charge is 0.197 e. The van der Waals surface area contributed by atoms with Crippen molar-refractivity contribution in [1.29, 1.82) is 5.26 Å². The molecule has 0 heterocycles. The second-order valence-electron chi connectivity index (χ2n) is 3.89. The van der Waals surface area contributed by atoms with Gasteiger partial charge in [0.25, 0.3) is 0 Å². The molecule has 2 heteroatoms. The molecule has 1 aromatic rings. The van der Waals surface area contributed by atoms with Crippen molar-refractivity contribution in [3.05, 3.63) is 35.9 Å². The first-order valence-corrected chi connectivity index (χ1v) is 5.56. The number of benzene rings is 1. The molecule has 0 saturated heterocycles. The molecule has 1 atom stereocenters. The molecule has 0 aliphatic rings. The Bertz CT molecular complexity index is 377. The Morgan fingerprint density at radius 1 is 1.40 bits per heavy atom. The first-order valence-electron chi connectivity index (χ1n) is 5.15. The van der Waals surface area contributed by atoms with Crippen LogP contribution in [0, 0.1) is 16.7 Å². The summed E-state index contributed by atoms with van der Waals surface area (Å²) in [6.45, 7) is 4.00. The topological polar surface area (TPSA) is 23.8 Å². The van der Waals surface area contributed by atoms with E-state index in [1.54, 1.807) is 0 Å². The van der Waals surface area contributed by atoms with E-state index in [0.717, 1.165) is 23.3 Å². The zero-order valence-electron chi connectivity index (χ0n) is 9.16. The van der Waals surface area contributed by atoms with Crippen LogP contribution in [-0.2, 0) is 0 Å². The zero-order chi connectivity index (χ0) is 11.3. The molecular weight excluding hydrogens is 202 g/mol. The maximum Gasteiger partial charge on any atom is 0.0901 e. The van der Waals surface area contributed by atoms with Gasteiger partial charge in [0.1, 0.15) is 0 Å². The smallest absolute Gasteiger partial charge is 0.0901 e. The normalized spacial score (nSPS) is 13.9. The minimum Gasteiger partial charge on any atom is -0.197 e. The van der Waals surface area contributed by atoms with Crippen LogP contribution in [0.15, 0.2) is 30.3 Å². The summed E-state index contributed by atoms with van der Waals surface area (Å²) < 4.78 is 0. The molecule has 0 aliphatic heterocycles. The van der Waals surface area contributed by atoms with Crippen LogP contribution >= 0.6 is 12.2 Å². The lowest BCUT2D eigenvalue weighted by Gasteiger charge is -2.22. The van der Waals surface area contributed by atoms with Crippen molar-refractivity contribution < 1.29 is 0 Å². The van der Waals surface area contributed by atoms with Gasteiger partial charge in [-0.05, 0) is 18.9 Å². The molecular formula is C13H15NS. The minimum atomic E-state index is -0.508. The van der Waals surface area contributed by atoms with Crippen molar-refractivity contribution in [2.24, 2.45) is 5.41 Å². The molecule has 15 heavy (non-hydrogen) atoms. The average molecular weight is 217 g/mol. The number of thiocarbonyl (C=S) groups is 1. The minimum absolute atomic E-state index is 0.508. The highest BCUT2D eigenvalue weighted by molar-refractivity contribution is 7.81.